The molecule has 0 aromatic heterocycles. The monoisotopic (exact) mass is 734 g/mol. The second-order valence-corrected chi connectivity index (χ2v) is 14.6. The molecular formula is C44H54N4O6. The summed E-state index contributed by atoms with van der Waals surface area (Å²) in [5, 5.41) is 11.0. The van der Waals surface area contributed by atoms with Crippen LogP contribution in [-0.4, -0.2) is 90.4 Å². The molecule has 3 aliphatic rings. The zero-order valence-electron chi connectivity index (χ0n) is 32.0. The molecule has 2 unspecified atom stereocenters. The number of carbonyl (C=O) groups excluding carboxylic acids is 3. The van der Waals surface area contributed by atoms with Crippen LogP contribution in [0.4, 0.5) is 17.1 Å². The maximum Gasteiger partial charge on any atom is 0.253 e. The van der Waals surface area contributed by atoms with Crippen LogP contribution < -0.4 is 19.4 Å². The van der Waals surface area contributed by atoms with Crippen molar-refractivity contribution in [2.24, 2.45) is 11.8 Å². The van der Waals surface area contributed by atoms with Crippen LogP contribution in [0.2, 0.25) is 0 Å². The summed E-state index contributed by atoms with van der Waals surface area (Å²) < 4.78 is 12.7. The summed E-state index contributed by atoms with van der Waals surface area (Å²) in [6.45, 7) is 18.1. The Morgan fingerprint density at radius 3 is 2.02 bits per heavy atom. The number of hydrogen-bond donors (Lipinski definition) is 1. The van der Waals surface area contributed by atoms with Gasteiger partial charge < -0.3 is 34.2 Å². The maximum absolute atomic E-state index is 15.3. The average Bonchev–Trinajstić information content (AvgIpc) is 3.76. The predicted octanol–water partition coefficient (Wildman–Crippen LogP) is 6.04. The molecule has 3 saturated heterocycles. The van der Waals surface area contributed by atoms with E-state index in [-0.39, 0.29) is 37.4 Å². The molecule has 54 heavy (non-hydrogen) atoms. The Balaban J connectivity index is 1.44. The van der Waals surface area contributed by atoms with Crippen molar-refractivity contribution in [3.8, 4) is 5.75 Å². The van der Waals surface area contributed by atoms with E-state index in [0.29, 0.717) is 43.0 Å². The second-order valence-electron chi connectivity index (χ2n) is 14.6. The van der Waals surface area contributed by atoms with E-state index in [0.717, 1.165) is 24.3 Å². The molecule has 10 nitrogen and oxygen atoms in total. The molecule has 1 spiro atoms. The van der Waals surface area contributed by atoms with Gasteiger partial charge in [-0.1, -0.05) is 42.5 Å². The average molecular weight is 735 g/mol. The van der Waals surface area contributed by atoms with Gasteiger partial charge in [0.25, 0.3) is 5.91 Å². The standard InChI is InChI=1S/C44H54N4O6/c1-7-27-46(34-21-23-36(24-22-34)53-11-5)40(50)37-38-41(51)48(35(30-49)29-31-15-13-12-14-16-31)39(44(38)26-25-43(37,6)54-44)42(52)47(28-8-2)33-19-17-32(18-20-33)45(9-3)10-4/h7-8,12-24,35,37-39,49H,1-2,9-11,25-30H2,3-6H3/t35-,37-,38+,39?,43+,44?/m1/s1. The minimum Gasteiger partial charge on any atom is -0.494 e. The van der Waals surface area contributed by atoms with Crippen LogP contribution in [0.5, 0.6) is 5.75 Å². The molecule has 6 atom stereocenters. The van der Waals surface area contributed by atoms with Crippen molar-refractivity contribution in [1.82, 2.24) is 4.90 Å². The Morgan fingerprint density at radius 2 is 1.46 bits per heavy atom. The molecule has 0 saturated carbocycles. The highest BCUT2D eigenvalue weighted by molar-refractivity contribution is 6.07. The molecule has 3 amide bonds. The van der Waals surface area contributed by atoms with Gasteiger partial charge in [0, 0.05) is 43.2 Å². The number of carbonyl (C=O) groups is 3. The van der Waals surface area contributed by atoms with Crippen LogP contribution >= 0.6 is 0 Å². The van der Waals surface area contributed by atoms with E-state index < -0.39 is 35.1 Å². The van der Waals surface area contributed by atoms with Gasteiger partial charge in [-0.2, -0.15) is 0 Å². The van der Waals surface area contributed by atoms with Crippen molar-refractivity contribution in [3.63, 3.8) is 0 Å². The molecule has 3 aromatic carbocycles. The third-order valence-electron chi connectivity index (χ3n) is 11.5. The van der Waals surface area contributed by atoms with Crippen LogP contribution in [0.25, 0.3) is 0 Å². The minimum absolute atomic E-state index is 0.190. The van der Waals surface area contributed by atoms with Gasteiger partial charge in [-0.3, -0.25) is 14.4 Å². The molecule has 2 bridgehead atoms. The number of likely N-dealkylation sites (tertiary alicyclic amines) is 1. The van der Waals surface area contributed by atoms with Crippen LogP contribution in [0.15, 0.2) is 104 Å². The van der Waals surface area contributed by atoms with Crippen molar-refractivity contribution < 1.29 is 29.0 Å². The molecule has 0 aliphatic carbocycles. The number of anilines is 3. The zero-order valence-corrected chi connectivity index (χ0v) is 32.0. The smallest absolute Gasteiger partial charge is 0.253 e. The number of nitrogens with zero attached hydrogens (tertiary/aromatic N) is 4. The largest absolute Gasteiger partial charge is 0.494 e. The van der Waals surface area contributed by atoms with Crippen LogP contribution in [0, 0.1) is 11.8 Å². The number of amides is 3. The van der Waals surface area contributed by atoms with E-state index in [2.05, 4.69) is 31.9 Å². The number of aliphatic hydroxyl groups excluding tert-OH is 1. The first-order valence-electron chi connectivity index (χ1n) is 19.2. The molecule has 3 aliphatic heterocycles. The highest BCUT2D eigenvalue weighted by Crippen LogP contribution is 2.64. The molecule has 3 fully saturated rings. The quantitative estimate of drug-likeness (QED) is 0.169. The van der Waals surface area contributed by atoms with Crippen LogP contribution in [0.1, 0.15) is 46.1 Å². The Kier molecular flexibility index (Phi) is 11.6. The molecule has 286 valence electrons. The number of aliphatic hydroxyl groups is 1. The van der Waals surface area contributed by atoms with E-state index in [9.17, 15) is 9.90 Å². The summed E-state index contributed by atoms with van der Waals surface area (Å²) in [4.78, 5) is 52.6. The third kappa shape index (κ3) is 6.82. The minimum atomic E-state index is -1.30. The topological polar surface area (TPSA) is 103 Å². The number of hydrogen-bond acceptors (Lipinski definition) is 7. The van der Waals surface area contributed by atoms with Gasteiger partial charge in [0.2, 0.25) is 11.8 Å². The Morgan fingerprint density at radius 1 is 0.889 bits per heavy atom. The molecule has 6 rings (SSSR count). The highest BCUT2D eigenvalue weighted by atomic mass is 16.5. The Hall–Kier alpha value is -4.93. The number of benzene rings is 3. The van der Waals surface area contributed by atoms with E-state index in [1.165, 1.54) is 0 Å². The molecule has 3 heterocycles. The van der Waals surface area contributed by atoms with Gasteiger partial charge in [0.1, 0.15) is 17.4 Å². The highest BCUT2D eigenvalue weighted by Gasteiger charge is 2.79. The van der Waals surface area contributed by atoms with Crippen molar-refractivity contribution >= 4 is 34.8 Å². The van der Waals surface area contributed by atoms with Crippen molar-refractivity contribution in [3.05, 3.63) is 110 Å². The lowest BCUT2D eigenvalue weighted by molar-refractivity contribution is -0.148. The maximum atomic E-state index is 15.3. The van der Waals surface area contributed by atoms with Crippen LogP contribution in [0.3, 0.4) is 0 Å². The summed E-state index contributed by atoms with van der Waals surface area (Å²) in [7, 11) is 0. The lowest BCUT2D eigenvalue weighted by Crippen LogP contribution is -2.59. The first-order chi connectivity index (χ1) is 26.1. The van der Waals surface area contributed by atoms with Crippen LogP contribution in [-0.2, 0) is 25.5 Å². The molecule has 10 heteroatoms. The van der Waals surface area contributed by atoms with Gasteiger partial charge in [0.15, 0.2) is 0 Å². The first-order valence-corrected chi connectivity index (χ1v) is 19.2. The summed E-state index contributed by atoms with van der Waals surface area (Å²) in [5.41, 5.74) is 0.949. The fraction of sp³-hybridized carbons (Fsp3) is 0.432. The summed E-state index contributed by atoms with van der Waals surface area (Å²) in [6.07, 6.45) is 4.55. The summed E-state index contributed by atoms with van der Waals surface area (Å²) in [5.74, 6) is -2.11. The summed E-state index contributed by atoms with van der Waals surface area (Å²) in [6, 6.07) is 22.9. The number of rotatable bonds is 17. The summed E-state index contributed by atoms with van der Waals surface area (Å²) >= 11 is 0. The van der Waals surface area contributed by atoms with E-state index >= 15 is 9.59 Å². The Labute approximate surface area is 319 Å². The zero-order chi connectivity index (χ0) is 38.6. The lowest BCUT2D eigenvalue weighted by Gasteiger charge is -2.39. The van der Waals surface area contributed by atoms with Gasteiger partial charge >= 0.3 is 0 Å². The second kappa shape index (κ2) is 16.2. The van der Waals surface area contributed by atoms with Gasteiger partial charge in [-0.15, -0.1) is 13.2 Å². The van der Waals surface area contributed by atoms with Crippen molar-refractivity contribution in [2.45, 2.75) is 70.2 Å². The SMILES string of the molecule is C=CCN(C(=O)C1N([C@@H](CO)Cc2ccccc2)C(=O)[C@@H]2[C@H](C(=O)N(CC=C)c3ccc(OCC)cc3)[C@]3(C)CCC12O3)c1ccc(N(CC)CC)cc1. The van der Waals surface area contributed by atoms with E-state index in [4.69, 9.17) is 9.47 Å². The van der Waals surface area contributed by atoms with Crippen molar-refractivity contribution in [1.29, 1.82) is 0 Å². The van der Waals surface area contributed by atoms with E-state index in [1.54, 1.807) is 26.9 Å². The fourth-order valence-electron chi connectivity index (χ4n) is 9.09. The van der Waals surface area contributed by atoms with E-state index in [1.807, 2.05) is 92.7 Å². The fourth-order valence-corrected chi connectivity index (χ4v) is 9.09. The lowest BCUT2D eigenvalue weighted by atomic mass is 9.66. The molecular weight excluding hydrogens is 681 g/mol. The van der Waals surface area contributed by atoms with Gasteiger partial charge in [-0.05, 0) is 101 Å². The first kappa shape index (κ1) is 38.8. The molecule has 1 N–H and O–H groups in total. The molecule has 0 radical (unpaired) electrons. The number of ether oxygens (including phenoxy) is 2. The Bertz CT molecular complexity index is 1810. The predicted molar refractivity (Wildman–Crippen MR) is 213 cm³/mol. The normalized spacial score (nSPS) is 24.5. The van der Waals surface area contributed by atoms with Gasteiger partial charge in [-0.25, -0.2) is 0 Å². The number of fused-ring (bicyclic) bond motifs is 1. The molecule has 3 aromatic rings. The third-order valence-corrected chi connectivity index (χ3v) is 11.5. The van der Waals surface area contributed by atoms with Crippen molar-refractivity contribution in [2.75, 3.05) is 54.1 Å². The van der Waals surface area contributed by atoms with Gasteiger partial charge in [0.05, 0.1) is 36.7 Å².